The van der Waals surface area contributed by atoms with Crippen LogP contribution < -0.4 is 4.74 Å². The maximum absolute atomic E-state index is 8.92. The van der Waals surface area contributed by atoms with Crippen molar-refractivity contribution in [2.45, 2.75) is 18.9 Å². The second-order valence-corrected chi connectivity index (χ2v) is 6.15. The Kier molecular flexibility index (Phi) is 4.48. The lowest BCUT2D eigenvalue weighted by molar-refractivity contribution is 0.121. The maximum Gasteiger partial charge on any atom is 0.218 e. The molecule has 0 amide bonds. The van der Waals surface area contributed by atoms with Crippen LogP contribution in [0.4, 0.5) is 0 Å². The van der Waals surface area contributed by atoms with E-state index < -0.39 is 0 Å². The molecule has 26 heavy (non-hydrogen) atoms. The Morgan fingerprint density at radius 1 is 1.08 bits per heavy atom. The Hall–Kier alpha value is -3.40. The van der Waals surface area contributed by atoms with E-state index in [-0.39, 0.29) is 6.10 Å². The SMILES string of the molecule is N#CN1CCC(Oc2cc(-n3cnc(-c4ccccc4)c3)ncn2)CC1. The molecule has 4 rings (SSSR count). The highest BCUT2D eigenvalue weighted by molar-refractivity contribution is 5.58. The quantitative estimate of drug-likeness (QED) is 0.676. The Labute approximate surface area is 151 Å². The molecule has 3 heterocycles. The minimum Gasteiger partial charge on any atom is -0.474 e. The van der Waals surface area contributed by atoms with Gasteiger partial charge in [-0.25, -0.2) is 15.0 Å². The molecule has 0 atom stereocenters. The average molecular weight is 346 g/mol. The molecule has 0 N–H and O–H groups in total. The van der Waals surface area contributed by atoms with Gasteiger partial charge in [0.25, 0.3) is 0 Å². The van der Waals surface area contributed by atoms with E-state index in [9.17, 15) is 0 Å². The number of nitriles is 1. The molecule has 0 spiro atoms. The lowest BCUT2D eigenvalue weighted by atomic mass is 10.1. The summed E-state index contributed by atoms with van der Waals surface area (Å²) in [5, 5.41) is 8.92. The van der Waals surface area contributed by atoms with Crippen molar-refractivity contribution < 1.29 is 4.74 Å². The fraction of sp³-hybridized carbons (Fsp3) is 0.263. The first-order valence-electron chi connectivity index (χ1n) is 8.55. The highest BCUT2D eigenvalue weighted by Gasteiger charge is 2.20. The van der Waals surface area contributed by atoms with E-state index in [1.807, 2.05) is 47.2 Å². The molecule has 3 aromatic rings. The van der Waals surface area contributed by atoms with E-state index in [1.54, 1.807) is 11.2 Å². The van der Waals surface area contributed by atoms with Gasteiger partial charge in [0.05, 0.1) is 5.69 Å². The number of ether oxygens (including phenoxy) is 1. The molecule has 7 nitrogen and oxygen atoms in total. The van der Waals surface area contributed by atoms with Gasteiger partial charge in [0, 0.05) is 43.8 Å². The van der Waals surface area contributed by atoms with Crippen LogP contribution in [0.2, 0.25) is 0 Å². The molecule has 0 bridgehead atoms. The summed E-state index contributed by atoms with van der Waals surface area (Å²) in [6.07, 6.45) is 9.05. The zero-order valence-corrected chi connectivity index (χ0v) is 14.2. The molecule has 7 heteroatoms. The third kappa shape index (κ3) is 3.49. The fourth-order valence-electron chi connectivity index (χ4n) is 2.99. The number of aromatic nitrogens is 4. The van der Waals surface area contributed by atoms with Gasteiger partial charge in [-0.1, -0.05) is 30.3 Å². The molecule has 0 saturated carbocycles. The van der Waals surface area contributed by atoms with Crippen molar-refractivity contribution in [1.29, 1.82) is 5.26 Å². The van der Waals surface area contributed by atoms with Gasteiger partial charge < -0.3 is 9.64 Å². The molecular formula is C19H18N6O. The smallest absolute Gasteiger partial charge is 0.218 e. The zero-order chi connectivity index (χ0) is 17.8. The van der Waals surface area contributed by atoms with E-state index >= 15 is 0 Å². The Morgan fingerprint density at radius 3 is 2.65 bits per heavy atom. The summed E-state index contributed by atoms with van der Waals surface area (Å²) in [5.41, 5.74) is 1.94. The predicted molar refractivity (Wildman–Crippen MR) is 95.4 cm³/mol. The second-order valence-electron chi connectivity index (χ2n) is 6.15. The van der Waals surface area contributed by atoms with E-state index in [4.69, 9.17) is 10.00 Å². The Morgan fingerprint density at radius 2 is 1.88 bits per heavy atom. The molecule has 0 radical (unpaired) electrons. The van der Waals surface area contributed by atoms with Gasteiger partial charge in [0.15, 0.2) is 6.19 Å². The summed E-state index contributed by atoms with van der Waals surface area (Å²) in [5.74, 6) is 1.25. The lowest BCUT2D eigenvalue weighted by Crippen LogP contribution is -2.35. The Balaban J connectivity index is 1.48. The number of hydrogen-bond acceptors (Lipinski definition) is 6. The van der Waals surface area contributed by atoms with Gasteiger partial charge in [-0.15, -0.1) is 0 Å². The molecule has 1 aliphatic heterocycles. The summed E-state index contributed by atoms with van der Waals surface area (Å²) < 4.78 is 7.84. The Bertz CT molecular complexity index is 909. The van der Waals surface area contributed by atoms with Gasteiger partial charge >= 0.3 is 0 Å². The van der Waals surface area contributed by atoms with Crippen molar-refractivity contribution in [2.24, 2.45) is 0 Å². The third-order valence-corrected chi connectivity index (χ3v) is 4.42. The second kappa shape index (κ2) is 7.23. The van der Waals surface area contributed by atoms with E-state index in [1.165, 1.54) is 6.33 Å². The largest absolute Gasteiger partial charge is 0.474 e. The summed E-state index contributed by atoms with van der Waals surface area (Å²) >= 11 is 0. The molecular weight excluding hydrogens is 328 g/mol. The molecule has 1 fully saturated rings. The maximum atomic E-state index is 8.92. The van der Waals surface area contributed by atoms with E-state index in [0.717, 1.165) is 37.2 Å². The summed E-state index contributed by atoms with van der Waals surface area (Å²) in [7, 11) is 0. The first kappa shape index (κ1) is 16.1. The summed E-state index contributed by atoms with van der Waals surface area (Å²) in [6, 6.07) is 11.8. The van der Waals surface area contributed by atoms with Gasteiger partial charge in [0.1, 0.15) is 24.6 Å². The van der Waals surface area contributed by atoms with Crippen molar-refractivity contribution in [3.05, 3.63) is 55.2 Å². The van der Waals surface area contributed by atoms with Crippen molar-refractivity contribution in [3.8, 4) is 29.1 Å². The topological polar surface area (TPSA) is 79.9 Å². The van der Waals surface area contributed by atoms with Crippen molar-refractivity contribution >= 4 is 0 Å². The normalized spacial score (nSPS) is 14.8. The van der Waals surface area contributed by atoms with Crippen LogP contribution in [0.1, 0.15) is 12.8 Å². The van der Waals surface area contributed by atoms with Crippen LogP contribution in [0.3, 0.4) is 0 Å². The number of likely N-dealkylation sites (tertiary alicyclic amines) is 1. The van der Waals surface area contributed by atoms with Crippen LogP contribution in [-0.4, -0.2) is 43.6 Å². The third-order valence-electron chi connectivity index (χ3n) is 4.42. The lowest BCUT2D eigenvalue weighted by Gasteiger charge is -2.28. The molecule has 0 unspecified atom stereocenters. The average Bonchev–Trinajstić information content (AvgIpc) is 3.20. The highest BCUT2D eigenvalue weighted by Crippen LogP contribution is 2.21. The number of hydrogen-bond donors (Lipinski definition) is 0. The number of nitrogens with zero attached hydrogens (tertiary/aromatic N) is 6. The van der Waals surface area contributed by atoms with Crippen LogP contribution >= 0.6 is 0 Å². The molecule has 0 aliphatic carbocycles. The summed E-state index contributed by atoms with van der Waals surface area (Å²) in [6.45, 7) is 1.45. The summed E-state index contributed by atoms with van der Waals surface area (Å²) in [4.78, 5) is 14.7. The molecule has 2 aromatic heterocycles. The van der Waals surface area contributed by atoms with E-state index in [2.05, 4.69) is 21.1 Å². The van der Waals surface area contributed by atoms with Crippen molar-refractivity contribution in [2.75, 3.05) is 13.1 Å². The van der Waals surface area contributed by atoms with Crippen LogP contribution in [0.5, 0.6) is 5.88 Å². The first-order chi connectivity index (χ1) is 12.8. The van der Waals surface area contributed by atoms with Crippen LogP contribution in [0.25, 0.3) is 17.1 Å². The minimum atomic E-state index is 0.0741. The number of imidazole rings is 1. The van der Waals surface area contributed by atoms with Crippen LogP contribution in [-0.2, 0) is 0 Å². The standard InChI is InChI=1S/C19H18N6O/c20-12-24-8-6-16(7-9-24)26-19-10-18(21-13-22-19)25-11-17(23-14-25)15-4-2-1-3-5-15/h1-5,10-11,13-14,16H,6-9H2. The van der Waals surface area contributed by atoms with Gasteiger partial charge in [-0.05, 0) is 0 Å². The van der Waals surface area contributed by atoms with Gasteiger partial charge in [-0.2, -0.15) is 5.26 Å². The number of piperidine rings is 1. The molecule has 130 valence electrons. The molecule has 1 aliphatic rings. The van der Waals surface area contributed by atoms with E-state index in [0.29, 0.717) is 11.7 Å². The highest BCUT2D eigenvalue weighted by atomic mass is 16.5. The van der Waals surface area contributed by atoms with Crippen LogP contribution in [0, 0.1) is 11.5 Å². The number of rotatable bonds is 4. The predicted octanol–water partition coefficient (Wildman–Crippen LogP) is 2.65. The van der Waals surface area contributed by atoms with Crippen molar-refractivity contribution in [3.63, 3.8) is 0 Å². The first-order valence-corrected chi connectivity index (χ1v) is 8.55. The van der Waals surface area contributed by atoms with Gasteiger partial charge in [0.2, 0.25) is 5.88 Å². The minimum absolute atomic E-state index is 0.0741. The van der Waals surface area contributed by atoms with Crippen molar-refractivity contribution in [1.82, 2.24) is 24.4 Å². The zero-order valence-electron chi connectivity index (χ0n) is 14.2. The fourth-order valence-corrected chi connectivity index (χ4v) is 2.99. The number of benzene rings is 1. The molecule has 1 aromatic carbocycles. The van der Waals surface area contributed by atoms with Crippen LogP contribution in [0.15, 0.2) is 55.2 Å². The van der Waals surface area contributed by atoms with Gasteiger partial charge in [-0.3, -0.25) is 4.57 Å². The monoisotopic (exact) mass is 346 g/mol. The molecule has 1 saturated heterocycles.